The average molecular weight is 274 g/mol. The van der Waals surface area contributed by atoms with Crippen LogP contribution in [0.2, 0.25) is 0 Å². The summed E-state index contributed by atoms with van der Waals surface area (Å²) in [6, 6.07) is 7.87. The molecule has 0 fully saturated rings. The monoisotopic (exact) mass is 274 g/mol. The van der Waals surface area contributed by atoms with Crippen LogP contribution < -0.4 is 0 Å². The predicted octanol–water partition coefficient (Wildman–Crippen LogP) is 2.82. The number of carboxylic acids is 1. The zero-order valence-corrected chi connectivity index (χ0v) is 11.4. The maximum absolute atomic E-state index is 11.0. The summed E-state index contributed by atoms with van der Waals surface area (Å²) in [4.78, 5) is 12.3. The molecule has 1 aliphatic heterocycles. The molecule has 1 aliphatic rings. The molecule has 0 radical (unpaired) electrons. The summed E-state index contributed by atoms with van der Waals surface area (Å²) in [6.45, 7) is 0. The molecular formula is C14H14N2O2S. The zero-order valence-electron chi connectivity index (χ0n) is 10.6. The summed E-state index contributed by atoms with van der Waals surface area (Å²) in [6.07, 6.45) is 2.30. The Hall–Kier alpha value is -1.75. The first-order valence-corrected chi connectivity index (χ1v) is 7.18. The molecule has 0 saturated heterocycles. The maximum atomic E-state index is 11.0. The van der Waals surface area contributed by atoms with Crippen LogP contribution in [-0.4, -0.2) is 26.6 Å². The molecule has 2 aromatic rings. The van der Waals surface area contributed by atoms with Crippen molar-refractivity contribution in [2.75, 3.05) is 5.75 Å². The molecule has 0 saturated carbocycles. The lowest BCUT2D eigenvalue weighted by molar-refractivity contribution is 0.0689. The van der Waals surface area contributed by atoms with Crippen LogP contribution in [0, 0.1) is 0 Å². The van der Waals surface area contributed by atoms with E-state index in [1.165, 1.54) is 16.9 Å². The summed E-state index contributed by atoms with van der Waals surface area (Å²) < 4.78 is 1.65. The molecule has 3 rings (SSSR count). The molecule has 0 atom stereocenters. The van der Waals surface area contributed by atoms with Crippen LogP contribution in [0.4, 0.5) is 0 Å². The van der Waals surface area contributed by atoms with Crippen molar-refractivity contribution in [3.8, 4) is 11.3 Å². The van der Waals surface area contributed by atoms with E-state index in [1.807, 2.05) is 23.9 Å². The van der Waals surface area contributed by atoms with Gasteiger partial charge < -0.3 is 5.11 Å². The van der Waals surface area contributed by atoms with E-state index in [4.69, 9.17) is 5.11 Å². The molecule has 0 unspecified atom stereocenters. The van der Waals surface area contributed by atoms with Crippen LogP contribution >= 0.6 is 11.8 Å². The van der Waals surface area contributed by atoms with Gasteiger partial charge in [0.15, 0.2) is 5.69 Å². The number of hydrogen-bond acceptors (Lipinski definition) is 3. The first-order chi connectivity index (χ1) is 9.16. The van der Waals surface area contributed by atoms with E-state index in [1.54, 1.807) is 17.8 Å². The third-order valence-corrected chi connectivity index (χ3v) is 4.57. The van der Waals surface area contributed by atoms with Gasteiger partial charge in [0, 0.05) is 17.5 Å². The smallest absolute Gasteiger partial charge is 0.356 e. The fourth-order valence-electron chi connectivity index (χ4n) is 2.41. The van der Waals surface area contributed by atoms with Gasteiger partial charge in [-0.05, 0) is 30.2 Å². The highest BCUT2D eigenvalue weighted by atomic mass is 32.2. The van der Waals surface area contributed by atoms with Gasteiger partial charge in [-0.3, -0.25) is 4.68 Å². The predicted molar refractivity (Wildman–Crippen MR) is 74.6 cm³/mol. The SMILES string of the molecule is Cn1nc(C(=O)O)cc1-c1cccc2c1SCCC2. The molecule has 98 valence electrons. The van der Waals surface area contributed by atoms with Gasteiger partial charge in [0.25, 0.3) is 0 Å². The van der Waals surface area contributed by atoms with Gasteiger partial charge in [-0.1, -0.05) is 18.2 Å². The standard InChI is InChI=1S/C14H14N2O2S/c1-16-12(8-11(15-16)14(17)18)10-6-2-4-9-5-3-7-19-13(9)10/h2,4,6,8H,3,5,7H2,1H3,(H,17,18). The minimum atomic E-state index is -0.987. The van der Waals surface area contributed by atoms with Crippen molar-refractivity contribution in [1.29, 1.82) is 0 Å². The van der Waals surface area contributed by atoms with E-state index < -0.39 is 5.97 Å². The highest BCUT2D eigenvalue weighted by Crippen LogP contribution is 2.38. The summed E-state index contributed by atoms with van der Waals surface area (Å²) in [7, 11) is 1.79. The van der Waals surface area contributed by atoms with Crippen LogP contribution in [-0.2, 0) is 13.5 Å². The number of rotatable bonds is 2. The number of aromatic nitrogens is 2. The first kappa shape index (κ1) is 12.3. The molecule has 1 aromatic carbocycles. The summed E-state index contributed by atoms with van der Waals surface area (Å²) in [5.74, 6) is 0.132. The van der Waals surface area contributed by atoms with Crippen molar-refractivity contribution < 1.29 is 9.90 Å². The van der Waals surface area contributed by atoms with Crippen molar-refractivity contribution in [3.63, 3.8) is 0 Å². The van der Waals surface area contributed by atoms with E-state index in [9.17, 15) is 4.79 Å². The lowest BCUT2D eigenvalue weighted by Gasteiger charge is -2.18. The lowest BCUT2D eigenvalue weighted by atomic mass is 10.0. The number of carbonyl (C=O) groups is 1. The van der Waals surface area contributed by atoms with Crippen molar-refractivity contribution in [2.45, 2.75) is 17.7 Å². The number of nitrogens with zero attached hydrogens (tertiary/aromatic N) is 2. The Labute approximate surface area is 115 Å². The molecule has 5 heteroatoms. The van der Waals surface area contributed by atoms with Crippen molar-refractivity contribution in [1.82, 2.24) is 9.78 Å². The van der Waals surface area contributed by atoms with Crippen LogP contribution in [0.25, 0.3) is 11.3 Å². The number of benzene rings is 1. The molecular weight excluding hydrogens is 260 g/mol. The van der Waals surface area contributed by atoms with Crippen molar-refractivity contribution in [2.24, 2.45) is 7.05 Å². The third-order valence-electron chi connectivity index (χ3n) is 3.31. The Morgan fingerprint density at radius 3 is 3.05 bits per heavy atom. The molecule has 1 N–H and O–H groups in total. The molecule has 0 bridgehead atoms. The average Bonchev–Trinajstić information content (AvgIpc) is 2.80. The minimum Gasteiger partial charge on any atom is -0.476 e. The summed E-state index contributed by atoms with van der Waals surface area (Å²) in [5, 5.41) is 13.1. The van der Waals surface area contributed by atoms with Gasteiger partial charge in [0.1, 0.15) is 0 Å². The number of aromatic carboxylic acids is 1. The van der Waals surface area contributed by atoms with E-state index in [2.05, 4.69) is 11.2 Å². The first-order valence-electron chi connectivity index (χ1n) is 6.19. The second-order valence-corrected chi connectivity index (χ2v) is 5.69. The molecule has 2 heterocycles. The fourth-order valence-corrected chi connectivity index (χ4v) is 3.59. The second-order valence-electron chi connectivity index (χ2n) is 4.59. The normalized spacial score (nSPS) is 14.2. The fraction of sp³-hybridized carbons (Fsp3) is 0.286. The Kier molecular flexibility index (Phi) is 3.06. The topological polar surface area (TPSA) is 55.1 Å². The van der Waals surface area contributed by atoms with Gasteiger partial charge in [-0.2, -0.15) is 5.10 Å². The molecule has 0 amide bonds. The molecule has 1 aromatic heterocycles. The Bertz CT molecular complexity index is 649. The van der Waals surface area contributed by atoms with Crippen LogP contribution in [0.15, 0.2) is 29.2 Å². The minimum absolute atomic E-state index is 0.0934. The van der Waals surface area contributed by atoms with Crippen molar-refractivity contribution in [3.05, 3.63) is 35.5 Å². The molecule has 0 aliphatic carbocycles. The molecule has 4 nitrogen and oxygen atoms in total. The zero-order chi connectivity index (χ0) is 13.4. The van der Waals surface area contributed by atoms with Crippen LogP contribution in [0.1, 0.15) is 22.5 Å². The number of fused-ring (bicyclic) bond motifs is 1. The Balaban J connectivity index is 2.14. The van der Waals surface area contributed by atoms with Gasteiger partial charge in [-0.25, -0.2) is 4.79 Å². The molecule has 0 spiro atoms. The third kappa shape index (κ3) is 2.14. The van der Waals surface area contributed by atoms with Crippen molar-refractivity contribution >= 4 is 17.7 Å². The van der Waals surface area contributed by atoms with E-state index in [-0.39, 0.29) is 5.69 Å². The quantitative estimate of drug-likeness (QED) is 0.915. The summed E-state index contributed by atoms with van der Waals surface area (Å²) >= 11 is 1.85. The second kappa shape index (κ2) is 4.74. The van der Waals surface area contributed by atoms with Gasteiger partial charge >= 0.3 is 5.97 Å². The number of hydrogen-bond donors (Lipinski definition) is 1. The highest BCUT2D eigenvalue weighted by Gasteiger charge is 2.19. The van der Waals surface area contributed by atoms with Crippen LogP contribution in [0.5, 0.6) is 0 Å². The lowest BCUT2D eigenvalue weighted by Crippen LogP contribution is -2.02. The Morgan fingerprint density at radius 2 is 2.32 bits per heavy atom. The number of aryl methyl sites for hydroxylation is 2. The van der Waals surface area contributed by atoms with E-state index >= 15 is 0 Å². The Morgan fingerprint density at radius 1 is 1.47 bits per heavy atom. The highest BCUT2D eigenvalue weighted by molar-refractivity contribution is 7.99. The van der Waals surface area contributed by atoms with Crippen LogP contribution in [0.3, 0.4) is 0 Å². The van der Waals surface area contributed by atoms with Gasteiger partial charge in [0.05, 0.1) is 5.69 Å². The molecule has 19 heavy (non-hydrogen) atoms. The van der Waals surface area contributed by atoms with E-state index in [0.717, 1.165) is 23.4 Å². The van der Waals surface area contributed by atoms with Gasteiger partial charge in [0.2, 0.25) is 0 Å². The number of carboxylic acid groups (broad SMARTS) is 1. The summed E-state index contributed by atoms with van der Waals surface area (Å²) in [5.41, 5.74) is 3.40. The maximum Gasteiger partial charge on any atom is 0.356 e. The van der Waals surface area contributed by atoms with E-state index in [0.29, 0.717) is 0 Å². The van der Waals surface area contributed by atoms with Gasteiger partial charge in [-0.15, -0.1) is 11.8 Å². The number of thioether (sulfide) groups is 1. The largest absolute Gasteiger partial charge is 0.476 e.